The van der Waals surface area contributed by atoms with Crippen molar-refractivity contribution in [2.75, 3.05) is 6.61 Å². The third kappa shape index (κ3) is 3.52. The van der Waals surface area contributed by atoms with E-state index in [-0.39, 0.29) is 5.56 Å². The highest BCUT2D eigenvalue weighted by Crippen LogP contribution is 2.39. The first-order valence-electron chi connectivity index (χ1n) is 6.11. The molecule has 116 valence electrons. The zero-order valence-corrected chi connectivity index (χ0v) is 10.7. The summed E-state index contributed by atoms with van der Waals surface area (Å²) >= 11 is 0. The topological polar surface area (TPSA) is 76.0 Å². The summed E-state index contributed by atoms with van der Waals surface area (Å²) in [6.45, 7) is -0.716. The van der Waals surface area contributed by atoms with Crippen LogP contribution in [0.4, 0.5) is 13.2 Å². The van der Waals surface area contributed by atoms with Crippen molar-refractivity contribution in [3.05, 3.63) is 35.9 Å². The second-order valence-electron chi connectivity index (χ2n) is 4.59. The summed E-state index contributed by atoms with van der Waals surface area (Å²) in [7, 11) is 0. The highest BCUT2D eigenvalue weighted by Gasteiger charge is 2.57. The second-order valence-corrected chi connectivity index (χ2v) is 4.59. The normalized spacial score (nSPS) is 29.4. The smallest absolute Gasteiger partial charge is 0.397 e. The minimum absolute atomic E-state index is 0.181. The van der Waals surface area contributed by atoms with Crippen LogP contribution < -0.4 is 0 Å². The number of hydrogen-bond acceptors (Lipinski definition) is 5. The number of carbonyl (C=O) groups excluding carboxylic acids is 1. The molecule has 4 atom stereocenters. The average molecular weight is 306 g/mol. The van der Waals surface area contributed by atoms with Gasteiger partial charge >= 0.3 is 12.1 Å². The maximum Gasteiger partial charge on any atom is 0.397 e. The van der Waals surface area contributed by atoms with E-state index in [0.717, 1.165) is 0 Å². The van der Waals surface area contributed by atoms with E-state index in [1.807, 2.05) is 0 Å². The van der Waals surface area contributed by atoms with E-state index in [2.05, 4.69) is 4.74 Å². The van der Waals surface area contributed by atoms with Gasteiger partial charge in [0.1, 0.15) is 24.7 Å². The Morgan fingerprint density at radius 2 is 1.86 bits per heavy atom. The van der Waals surface area contributed by atoms with Crippen LogP contribution in [0.2, 0.25) is 0 Å². The highest BCUT2D eigenvalue weighted by atomic mass is 19.4. The fraction of sp³-hybridized carbons (Fsp3) is 0.462. The van der Waals surface area contributed by atoms with E-state index in [1.165, 1.54) is 12.1 Å². The van der Waals surface area contributed by atoms with Crippen molar-refractivity contribution in [1.29, 1.82) is 0 Å². The Bertz CT molecular complexity index is 490. The molecule has 1 aromatic carbocycles. The predicted molar refractivity (Wildman–Crippen MR) is 63.2 cm³/mol. The molecule has 0 spiro atoms. The molecule has 0 saturated carbocycles. The van der Waals surface area contributed by atoms with Crippen LogP contribution in [0.1, 0.15) is 10.4 Å². The third-order valence-corrected chi connectivity index (χ3v) is 3.14. The second kappa shape index (κ2) is 6.00. The van der Waals surface area contributed by atoms with Crippen LogP contribution in [0.3, 0.4) is 0 Å². The van der Waals surface area contributed by atoms with E-state index in [9.17, 15) is 28.2 Å². The highest BCUT2D eigenvalue weighted by molar-refractivity contribution is 5.89. The molecular weight excluding hydrogens is 293 g/mol. The summed E-state index contributed by atoms with van der Waals surface area (Å²) in [6, 6.07) is 7.72. The van der Waals surface area contributed by atoms with E-state index in [4.69, 9.17) is 4.74 Å². The molecule has 1 aliphatic rings. The predicted octanol–water partition coefficient (Wildman–Crippen LogP) is 1.10. The monoisotopic (exact) mass is 306 g/mol. The summed E-state index contributed by atoms with van der Waals surface area (Å²) in [5.74, 6) is -3.12. The number of carbonyl (C=O) groups is 1. The van der Waals surface area contributed by atoms with Gasteiger partial charge in [-0.3, -0.25) is 0 Å². The Hall–Kier alpha value is -1.64. The van der Waals surface area contributed by atoms with Crippen LogP contribution in [0.25, 0.3) is 0 Å². The van der Waals surface area contributed by atoms with Crippen LogP contribution in [0.15, 0.2) is 30.3 Å². The van der Waals surface area contributed by atoms with Gasteiger partial charge in [0, 0.05) is 0 Å². The molecule has 1 aliphatic heterocycles. The lowest BCUT2D eigenvalue weighted by Crippen LogP contribution is -2.40. The maximum absolute atomic E-state index is 12.8. The van der Waals surface area contributed by atoms with Crippen molar-refractivity contribution in [1.82, 2.24) is 0 Å². The van der Waals surface area contributed by atoms with Crippen molar-refractivity contribution < 1.29 is 37.7 Å². The van der Waals surface area contributed by atoms with Crippen molar-refractivity contribution in [2.24, 2.45) is 5.92 Å². The summed E-state index contributed by atoms with van der Waals surface area (Å²) in [5.41, 5.74) is 0.181. The van der Waals surface area contributed by atoms with Gasteiger partial charge < -0.3 is 19.7 Å². The van der Waals surface area contributed by atoms with E-state index >= 15 is 0 Å². The summed E-state index contributed by atoms with van der Waals surface area (Å²) in [5, 5.41) is 18.5. The lowest BCUT2D eigenvalue weighted by Gasteiger charge is -2.22. The molecule has 0 radical (unpaired) electrons. The Kier molecular flexibility index (Phi) is 4.50. The zero-order chi connectivity index (χ0) is 15.6. The fourth-order valence-electron chi connectivity index (χ4n) is 2.10. The molecule has 1 heterocycles. The molecule has 0 unspecified atom stereocenters. The number of alkyl halides is 3. The summed E-state index contributed by atoms with van der Waals surface area (Å²) in [4.78, 5) is 11.6. The number of hydrogen-bond donors (Lipinski definition) is 2. The Morgan fingerprint density at radius 3 is 2.43 bits per heavy atom. The van der Waals surface area contributed by atoms with Gasteiger partial charge in [0.25, 0.3) is 0 Å². The van der Waals surface area contributed by atoms with E-state index in [1.54, 1.807) is 18.2 Å². The van der Waals surface area contributed by atoms with Crippen molar-refractivity contribution in [3.8, 4) is 0 Å². The van der Waals surface area contributed by atoms with Gasteiger partial charge in [0.05, 0.1) is 5.56 Å². The van der Waals surface area contributed by atoms with Crippen LogP contribution in [-0.4, -0.2) is 47.5 Å². The number of aliphatic hydroxyl groups excluding tert-OH is 2. The molecule has 2 rings (SSSR count). The van der Waals surface area contributed by atoms with Crippen molar-refractivity contribution in [2.45, 2.75) is 24.7 Å². The molecule has 0 aliphatic carbocycles. The van der Waals surface area contributed by atoms with E-state index < -0.39 is 43.2 Å². The van der Waals surface area contributed by atoms with Crippen LogP contribution in [0.5, 0.6) is 0 Å². The minimum Gasteiger partial charge on any atom is -0.459 e. The SMILES string of the molecule is O=C(OC[C@H]1O[C@H](O)[C@H](O)[C@H]1C(F)(F)F)c1ccccc1. The van der Waals surface area contributed by atoms with Crippen LogP contribution >= 0.6 is 0 Å². The average Bonchev–Trinajstić information content (AvgIpc) is 2.72. The fourth-order valence-corrected chi connectivity index (χ4v) is 2.10. The molecule has 5 nitrogen and oxygen atoms in total. The molecule has 2 N–H and O–H groups in total. The Morgan fingerprint density at radius 1 is 1.24 bits per heavy atom. The van der Waals surface area contributed by atoms with Gasteiger partial charge in [-0.05, 0) is 12.1 Å². The molecule has 0 bridgehead atoms. The van der Waals surface area contributed by atoms with Crippen molar-refractivity contribution >= 4 is 5.97 Å². The van der Waals surface area contributed by atoms with Gasteiger partial charge in [0.15, 0.2) is 6.29 Å². The summed E-state index contributed by atoms with van der Waals surface area (Å²) in [6.07, 6.45) is -10.5. The largest absolute Gasteiger partial charge is 0.459 e. The first kappa shape index (κ1) is 15.7. The van der Waals surface area contributed by atoms with Gasteiger partial charge in [-0.15, -0.1) is 0 Å². The molecular formula is C13H13F3O5. The van der Waals surface area contributed by atoms with E-state index in [0.29, 0.717) is 0 Å². The molecule has 0 amide bonds. The number of benzene rings is 1. The van der Waals surface area contributed by atoms with Gasteiger partial charge in [0.2, 0.25) is 0 Å². The number of halogens is 3. The summed E-state index contributed by atoms with van der Waals surface area (Å²) < 4.78 is 47.7. The lowest BCUT2D eigenvalue weighted by atomic mass is 9.98. The molecule has 1 saturated heterocycles. The standard InChI is InChI=1S/C13H13F3O5/c14-13(15,16)9-8(21-12(19)10(9)17)6-20-11(18)7-4-2-1-3-5-7/h1-5,8-10,12,17,19H,6H2/t8-,9+,10-,12+/m1/s1. The van der Waals surface area contributed by atoms with Crippen LogP contribution in [0, 0.1) is 5.92 Å². The lowest BCUT2D eigenvalue weighted by molar-refractivity contribution is -0.205. The minimum atomic E-state index is -4.78. The number of esters is 1. The third-order valence-electron chi connectivity index (χ3n) is 3.14. The van der Waals surface area contributed by atoms with Crippen LogP contribution in [-0.2, 0) is 9.47 Å². The van der Waals surface area contributed by atoms with Gasteiger partial charge in [-0.1, -0.05) is 18.2 Å². The quantitative estimate of drug-likeness (QED) is 0.818. The van der Waals surface area contributed by atoms with Crippen molar-refractivity contribution in [3.63, 3.8) is 0 Å². The van der Waals surface area contributed by atoms with Gasteiger partial charge in [-0.25, -0.2) is 4.79 Å². The number of rotatable bonds is 3. The first-order valence-corrected chi connectivity index (χ1v) is 6.11. The Balaban J connectivity index is 2.00. The molecule has 0 aromatic heterocycles. The zero-order valence-electron chi connectivity index (χ0n) is 10.7. The molecule has 21 heavy (non-hydrogen) atoms. The number of aliphatic hydroxyl groups is 2. The molecule has 8 heteroatoms. The first-order chi connectivity index (χ1) is 9.80. The number of ether oxygens (including phenoxy) is 2. The maximum atomic E-state index is 12.8. The molecule has 1 fully saturated rings. The Labute approximate surface area is 117 Å². The van der Waals surface area contributed by atoms with Gasteiger partial charge in [-0.2, -0.15) is 13.2 Å². The molecule has 1 aromatic rings.